The highest BCUT2D eigenvalue weighted by Crippen LogP contribution is 2.13. The molecule has 0 bridgehead atoms. The topological polar surface area (TPSA) is 32.3 Å². The van der Waals surface area contributed by atoms with E-state index >= 15 is 0 Å². The number of nitrogens with one attached hydrogen (secondary N) is 1. The summed E-state index contributed by atoms with van der Waals surface area (Å²) in [4.78, 5) is 0. The van der Waals surface area contributed by atoms with Crippen LogP contribution in [0.3, 0.4) is 0 Å². The monoisotopic (exact) mass is 348 g/mol. The second kappa shape index (κ2) is 24.5. The Balaban J connectivity index is 0. The fourth-order valence-electron chi connectivity index (χ4n) is 3.00. The van der Waals surface area contributed by atoms with E-state index in [0.29, 0.717) is 0 Å². The Morgan fingerprint density at radius 1 is 0.522 bits per heavy atom. The van der Waals surface area contributed by atoms with Crippen LogP contribution in [0.25, 0.3) is 0 Å². The predicted molar refractivity (Wildman–Crippen MR) is 99.5 cm³/mol. The molecule has 0 radical (unpaired) electrons. The van der Waals surface area contributed by atoms with Crippen LogP contribution < -0.4 is 17.7 Å². The maximum Gasteiger partial charge on any atom is 0.0555 e. The predicted octanol–water partition coefficient (Wildman–Crippen LogP) is 2.83. The number of hydrogen-bond donors (Lipinski definition) is 2. The quantitative estimate of drug-likeness (QED) is 0.352. The fourth-order valence-corrected chi connectivity index (χ4v) is 3.00. The lowest BCUT2D eigenvalue weighted by molar-refractivity contribution is -0.00000597. The minimum atomic E-state index is 0. The van der Waals surface area contributed by atoms with Crippen LogP contribution in [0, 0.1) is 0 Å². The molecular weight excluding hydrogens is 306 g/mol. The van der Waals surface area contributed by atoms with Gasteiger partial charge in [0.15, 0.2) is 0 Å². The molecule has 0 aromatic heterocycles. The van der Waals surface area contributed by atoms with E-state index in [1.807, 2.05) is 0 Å². The van der Waals surface area contributed by atoms with Crippen molar-refractivity contribution in [1.82, 2.24) is 5.32 Å². The summed E-state index contributed by atoms with van der Waals surface area (Å²) in [6, 6.07) is 0. The molecule has 0 aromatic carbocycles. The minimum Gasteiger partial charge on any atom is -1.00 e. The van der Waals surface area contributed by atoms with Crippen LogP contribution in [0.2, 0.25) is 0 Å². The lowest BCUT2D eigenvalue weighted by Gasteiger charge is -2.04. The third-order valence-corrected chi connectivity index (χ3v) is 4.50. The highest BCUT2D eigenvalue weighted by atomic mass is 35.5. The van der Waals surface area contributed by atoms with Gasteiger partial charge in [0.25, 0.3) is 0 Å². The van der Waals surface area contributed by atoms with Gasteiger partial charge < -0.3 is 22.8 Å². The van der Waals surface area contributed by atoms with Crippen molar-refractivity contribution >= 4 is 0 Å². The van der Waals surface area contributed by atoms with Gasteiger partial charge in [0, 0.05) is 6.54 Å². The molecule has 0 atom stereocenters. The average molecular weight is 349 g/mol. The second-order valence-corrected chi connectivity index (χ2v) is 6.78. The van der Waals surface area contributed by atoms with Crippen LogP contribution in [-0.2, 0) is 0 Å². The van der Waals surface area contributed by atoms with E-state index in [-0.39, 0.29) is 19.0 Å². The Hall–Kier alpha value is 0.210. The molecule has 0 amide bonds. The van der Waals surface area contributed by atoms with E-state index in [4.69, 9.17) is 5.11 Å². The van der Waals surface area contributed by atoms with Crippen LogP contribution in [0.1, 0.15) is 110 Å². The number of aliphatic hydroxyl groups is 1. The molecule has 0 spiro atoms. The first-order valence-corrected chi connectivity index (χ1v) is 10.2. The van der Waals surface area contributed by atoms with E-state index in [9.17, 15) is 0 Å². The van der Waals surface area contributed by atoms with Crippen molar-refractivity contribution in [2.75, 3.05) is 19.7 Å². The molecule has 142 valence electrons. The second-order valence-electron chi connectivity index (χ2n) is 6.78. The highest BCUT2D eigenvalue weighted by molar-refractivity contribution is 4.51. The number of hydrogen-bond acceptors (Lipinski definition) is 2. The third kappa shape index (κ3) is 24.6. The number of aliphatic hydroxyl groups excluding tert-OH is 1. The molecule has 2 N–H and O–H groups in total. The van der Waals surface area contributed by atoms with Crippen molar-refractivity contribution in [3.63, 3.8) is 0 Å². The Bertz CT molecular complexity index is 170. The van der Waals surface area contributed by atoms with E-state index in [1.165, 1.54) is 103 Å². The zero-order chi connectivity index (χ0) is 16.1. The summed E-state index contributed by atoms with van der Waals surface area (Å²) in [5.74, 6) is 0. The largest absolute Gasteiger partial charge is 1.00 e. The Labute approximate surface area is 152 Å². The SMILES string of the molecule is CCCCCCCCCCCCCCCCCCNCCO.[Cl-]. The third-order valence-electron chi connectivity index (χ3n) is 4.50. The number of unbranched alkanes of at least 4 members (excludes halogenated alkanes) is 15. The van der Waals surface area contributed by atoms with Gasteiger partial charge in [-0.1, -0.05) is 103 Å². The maximum absolute atomic E-state index is 8.64. The summed E-state index contributed by atoms with van der Waals surface area (Å²) in [5.41, 5.74) is 0. The zero-order valence-corrected chi connectivity index (χ0v) is 16.5. The molecule has 0 aliphatic rings. The van der Waals surface area contributed by atoms with Gasteiger partial charge in [-0.3, -0.25) is 0 Å². The number of rotatable bonds is 19. The fraction of sp³-hybridized carbons (Fsp3) is 1.00. The van der Waals surface area contributed by atoms with Crippen LogP contribution in [0.5, 0.6) is 0 Å². The van der Waals surface area contributed by atoms with Crippen molar-refractivity contribution in [2.24, 2.45) is 0 Å². The molecule has 0 rings (SSSR count). The summed E-state index contributed by atoms with van der Waals surface area (Å²) in [7, 11) is 0. The van der Waals surface area contributed by atoms with Gasteiger partial charge >= 0.3 is 0 Å². The molecule has 0 heterocycles. The van der Waals surface area contributed by atoms with Gasteiger partial charge in [-0.05, 0) is 13.0 Å². The van der Waals surface area contributed by atoms with E-state index in [1.54, 1.807) is 0 Å². The van der Waals surface area contributed by atoms with Crippen molar-refractivity contribution in [1.29, 1.82) is 0 Å². The summed E-state index contributed by atoms with van der Waals surface area (Å²) in [6.07, 6.45) is 22.8. The van der Waals surface area contributed by atoms with E-state index in [0.717, 1.165) is 13.1 Å². The van der Waals surface area contributed by atoms with Gasteiger partial charge in [-0.2, -0.15) is 0 Å². The molecule has 0 aliphatic carbocycles. The standard InChI is InChI=1S/C20H43NO.ClH/c1-2-3-4-5-6-7-8-9-10-11-12-13-14-15-16-17-18-21-19-20-22;/h21-22H,2-20H2,1H3;1H/p-1. The first kappa shape index (κ1) is 25.5. The van der Waals surface area contributed by atoms with Crippen LogP contribution in [0.15, 0.2) is 0 Å². The summed E-state index contributed by atoms with van der Waals surface area (Å²) in [5, 5.41) is 11.9. The van der Waals surface area contributed by atoms with Gasteiger partial charge in [0.05, 0.1) is 6.61 Å². The summed E-state index contributed by atoms with van der Waals surface area (Å²) < 4.78 is 0. The lowest BCUT2D eigenvalue weighted by Crippen LogP contribution is -3.00. The molecular formula is C20H43ClNO-. The average Bonchev–Trinajstić information content (AvgIpc) is 2.54. The molecule has 0 fully saturated rings. The van der Waals surface area contributed by atoms with E-state index < -0.39 is 0 Å². The molecule has 2 nitrogen and oxygen atoms in total. The van der Waals surface area contributed by atoms with Crippen molar-refractivity contribution in [2.45, 2.75) is 110 Å². The molecule has 0 aliphatic heterocycles. The zero-order valence-electron chi connectivity index (χ0n) is 15.8. The summed E-state index contributed by atoms with van der Waals surface area (Å²) >= 11 is 0. The van der Waals surface area contributed by atoms with Crippen LogP contribution in [0.4, 0.5) is 0 Å². The molecule has 23 heavy (non-hydrogen) atoms. The maximum atomic E-state index is 8.64. The molecule has 0 saturated heterocycles. The molecule has 3 heteroatoms. The Kier molecular flexibility index (Phi) is 27.1. The van der Waals surface area contributed by atoms with Crippen molar-refractivity contribution in [3.8, 4) is 0 Å². The van der Waals surface area contributed by atoms with Gasteiger partial charge in [-0.25, -0.2) is 0 Å². The van der Waals surface area contributed by atoms with Gasteiger partial charge in [-0.15, -0.1) is 0 Å². The number of halogens is 1. The van der Waals surface area contributed by atoms with Crippen LogP contribution in [-0.4, -0.2) is 24.8 Å². The van der Waals surface area contributed by atoms with Crippen molar-refractivity contribution in [3.05, 3.63) is 0 Å². The van der Waals surface area contributed by atoms with Gasteiger partial charge in [0.2, 0.25) is 0 Å². The highest BCUT2D eigenvalue weighted by Gasteiger charge is 1.94. The van der Waals surface area contributed by atoms with Crippen molar-refractivity contribution < 1.29 is 17.5 Å². The first-order valence-electron chi connectivity index (χ1n) is 10.2. The van der Waals surface area contributed by atoms with Crippen LogP contribution >= 0.6 is 0 Å². The summed E-state index contributed by atoms with van der Waals surface area (Å²) in [6.45, 7) is 4.37. The normalized spacial score (nSPS) is 10.7. The molecule has 0 unspecified atom stereocenters. The Morgan fingerprint density at radius 3 is 1.22 bits per heavy atom. The smallest absolute Gasteiger partial charge is 0.0555 e. The first-order chi connectivity index (χ1) is 10.9. The van der Waals surface area contributed by atoms with E-state index in [2.05, 4.69) is 12.2 Å². The lowest BCUT2D eigenvalue weighted by atomic mass is 10.0. The van der Waals surface area contributed by atoms with Gasteiger partial charge in [0.1, 0.15) is 0 Å². The molecule has 0 aromatic rings. The minimum absolute atomic E-state index is 0. The Morgan fingerprint density at radius 2 is 0.870 bits per heavy atom. The molecule has 0 saturated carbocycles.